The molecule has 0 saturated heterocycles. The van der Waals surface area contributed by atoms with Crippen molar-refractivity contribution in [2.24, 2.45) is 0 Å². The van der Waals surface area contributed by atoms with Gasteiger partial charge in [-0.15, -0.1) is 35.0 Å². The fourth-order valence-electron chi connectivity index (χ4n) is 1.59. The van der Waals surface area contributed by atoms with Crippen LogP contribution in [0.1, 0.15) is 24.6 Å². The van der Waals surface area contributed by atoms with Gasteiger partial charge in [-0.05, 0) is 13.8 Å². The number of aryl methyl sites for hydroxylation is 1. The summed E-state index contributed by atoms with van der Waals surface area (Å²) in [6.45, 7) is 6.04. The lowest BCUT2D eigenvalue weighted by atomic mass is 10.2. The molecule has 1 atom stereocenters. The van der Waals surface area contributed by atoms with Crippen LogP contribution in [0.3, 0.4) is 0 Å². The van der Waals surface area contributed by atoms with E-state index >= 15 is 0 Å². The van der Waals surface area contributed by atoms with Crippen LogP contribution in [-0.4, -0.2) is 21.3 Å². The van der Waals surface area contributed by atoms with Crippen molar-refractivity contribution in [3.63, 3.8) is 0 Å². The number of nitrogens with zero attached hydrogens (tertiary/aromatic N) is 3. The van der Waals surface area contributed by atoms with Crippen LogP contribution in [0.2, 0.25) is 0 Å². The summed E-state index contributed by atoms with van der Waals surface area (Å²) < 4.78 is 2.19. The molecule has 1 aliphatic rings. The molecule has 0 bridgehead atoms. The van der Waals surface area contributed by atoms with Gasteiger partial charge in [0.25, 0.3) is 0 Å². The van der Waals surface area contributed by atoms with E-state index in [1.165, 1.54) is 0 Å². The van der Waals surface area contributed by atoms with Crippen LogP contribution < -0.4 is 5.32 Å². The normalized spacial score (nSPS) is 19.7. The van der Waals surface area contributed by atoms with Crippen LogP contribution in [0, 0.1) is 6.92 Å². The Kier molecular flexibility index (Phi) is 4.67. The zero-order valence-electron chi connectivity index (χ0n) is 7.65. The summed E-state index contributed by atoms with van der Waals surface area (Å²) in [5.74, 6) is 2.08. The molecule has 0 fully saturated rings. The van der Waals surface area contributed by atoms with Gasteiger partial charge in [0.1, 0.15) is 11.6 Å². The molecule has 1 N–H and O–H groups in total. The zero-order valence-corrected chi connectivity index (χ0v) is 9.28. The minimum atomic E-state index is 0. The van der Waals surface area contributed by atoms with Gasteiger partial charge in [0.15, 0.2) is 0 Å². The van der Waals surface area contributed by atoms with Gasteiger partial charge in [0.05, 0.1) is 6.54 Å². The van der Waals surface area contributed by atoms with Gasteiger partial charge >= 0.3 is 0 Å². The Labute approximate surface area is 89.9 Å². The molecule has 2 rings (SSSR count). The Morgan fingerprint density at radius 1 is 1.38 bits per heavy atom. The van der Waals surface area contributed by atoms with E-state index in [0.29, 0.717) is 6.04 Å². The van der Waals surface area contributed by atoms with Gasteiger partial charge in [0.2, 0.25) is 0 Å². The van der Waals surface area contributed by atoms with Crippen molar-refractivity contribution in [1.82, 2.24) is 20.1 Å². The smallest absolute Gasteiger partial charge is 0.147 e. The summed E-state index contributed by atoms with van der Waals surface area (Å²) in [6.07, 6.45) is 0. The van der Waals surface area contributed by atoms with Crippen LogP contribution >= 0.6 is 24.8 Å². The standard InChI is InChI=1S/C7H12N4.2ClH/c1-5-3-8-4-7-10-9-6(2)11(5)7;;/h5,8H,3-4H2,1-2H3;2*1H/t5-;;/m1../s1. The third-order valence-electron chi connectivity index (χ3n) is 2.10. The third kappa shape index (κ3) is 2.13. The molecular weight excluding hydrogens is 211 g/mol. The van der Waals surface area contributed by atoms with E-state index in [1.807, 2.05) is 6.92 Å². The van der Waals surface area contributed by atoms with Gasteiger partial charge < -0.3 is 9.88 Å². The lowest BCUT2D eigenvalue weighted by Crippen LogP contribution is -2.32. The fraction of sp³-hybridized carbons (Fsp3) is 0.714. The third-order valence-corrected chi connectivity index (χ3v) is 2.10. The lowest BCUT2D eigenvalue weighted by molar-refractivity contribution is 0.415. The second-order valence-electron chi connectivity index (χ2n) is 3.01. The topological polar surface area (TPSA) is 42.7 Å². The molecule has 0 spiro atoms. The second kappa shape index (κ2) is 4.79. The molecule has 2 heterocycles. The predicted octanol–water partition coefficient (Wildman–Crippen LogP) is 1.09. The summed E-state index contributed by atoms with van der Waals surface area (Å²) in [6, 6.07) is 0.494. The number of aromatic nitrogens is 3. The highest BCUT2D eigenvalue weighted by Crippen LogP contribution is 2.14. The van der Waals surface area contributed by atoms with Crippen molar-refractivity contribution in [2.75, 3.05) is 6.54 Å². The summed E-state index contributed by atoms with van der Waals surface area (Å²) in [5.41, 5.74) is 0. The average molecular weight is 225 g/mol. The van der Waals surface area contributed by atoms with Crippen molar-refractivity contribution >= 4 is 24.8 Å². The molecular formula is C7H14Cl2N4. The maximum atomic E-state index is 4.06. The van der Waals surface area contributed by atoms with Crippen molar-refractivity contribution in [3.05, 3.63) is 11.6 Å². The number of hydrogen-bond donors (Lipinski definition) is 1. The van der Waals surface area contributed by atoms with E-state index in [4.69, 9.17) is 0 Å². The molecule has 0 amide bonds. The molecule has 0 radical (unpaired) electrons. The quantitative estimate of drug-likeness (QED) is 0.718. The minimum Gasteiger partial charge on any atom is -0.310 e. The summed E-state index contributed by atoms with van der Waals surface area (Å²) in [7, 11) is 0. The Balaban J connectivity index is 0.000000720. The van der Waals surface area contributed by atoms with Crippen molar-refractivity contribution in [1.29, 1.82) is 0 Å². The molecule has 0 aliphatic carbocycles. The number of rotatable bonds is 0. The van der Waals surface area contributed by atoms with E-state index < -0.39 is 0 Å². The van der Waals surface area contributed by atoms with E-state index in [2.05, 4.69) is 27.0 Å². The van der Waals surface area contributed by atoms with Crippen LogP contribution in [0.25, 0.3) is 0 Å². The van der Waals surface area contributed by atoms with Crippen LogP contribution in [-0.2, 0) is 6.54 Å². The van der Waals surface area contributed by atoms with E-state index in [-0.39, 0.29) is 24.8 Å². The molecule has 4 nitrogen and oxygen atoms in total. The van der Waals surface area contributed by atoms with Gasteiger partial charge in [-0.2, -0.15) is 0 Å². The largest absolute Gasteiger partial charge is 0.310 e. The molecule has 1 aromatic heterocycles. The molecule has 0 aromatic carbocycles. The van der Waals surface area contributed by atoms with E-state index in [9.17, 15) is 0 Å². The predicted molar refractivity (Wildman–Crippen MR) is 55.7 cm³/mol. The highest BCUT2D eigenvalue weighted by molar-refractivity contribution is 5.85. The SMILES string of the molecule is Cc1nnc2n1[C@H](C)CNC2.Cl.Cl. The number of nitrogens with one attached hydrogen (secondary N) is 1. The molecule has 6 heteroatoms. The number of fused-ring (bicyclic) bond motifs is 1. The summed E-state index contributed by atoms with van der Waals surface area (Å²) in [4.78, 5) is 0. The van der Waals surface area contributed by atoms with Crippen molar-refractivity contribution in [2.45, 2.75) is 26.4 Å². The van der Waals surface area contributed by atoms with Gasteiger partial charge in [-0.1, -0.05) is 0 Å². The Morgan fingerprint density at radius 3 is 2.69 bits per heavy atom. The van der Waals surface area contributed by atoms with E-state index in [0.717, 1.165) is 24.7 Å². The first kappa shape index (κ1) is 12.7. The van der Waals surface area contributed by atoms with Crippen molar-refractivity contribution in [3.8, 4) is 0 Å². The first-order valence-corrected chi connectivity index (χ1v) is 3.90. The number of hydrogen-bond acceptors (Lipinski definition) is 3. The van der Waals surface area contributed by atoms with Crippen LogP contribution in [0.4, 0.5) is 0 Å². The van der Waals surface area contributed by atoms with E-state index in [1.54, 1.807) is 0 Å². The average Bonchev–Trinajstić information content (AvgIpc) is 2.34. The second-order valence-corrected chi connectivity index (χ2v) is 3.01. The molecule has 13 heavy (non-hydrogen) atoms. The number of halogens is 2. The van der Waals surface area contributed by atoms with Crippen LogP contribution in [0.15, 0.2) is 0 Å². The summed E-state index contributed by atoms with van der Waals surface area (Å²) in [5, 5.41) is 11.4. The van der Waals surface area contributed by atoms with Gasteiger partial charge in [0, 0.05) is 12.6 Å². The lowest BCUT2D eigenvalue weighted by Gasteiger charge is -2.22. The van der Waals surface area contributed by atoms with Gasteiger partial charge in [-0.3, -0.25) is 0 Å². The molecule has 1 aliphatic heterocycles. The minimum absolute atomic E-state index is 0. The summed E-state index contributed by atoms with van der Waals surface area (Å²) >= 11 is 0. The van der Waals surface area contributed by atoms with Crippen LogP contribution in [0.5, 0.6) is 0 Å². The van der Waals surface area contributed by atoms with Crippen molar-refractivity contribution < 1.29 is 0 Å². The monoisotopic (exact) mass is 224 g/mol. The fourth-order valence-corrected chi connectivity index (χ4v) is 1.59. The Bertz CT molecular complexity index is 273. The Hall–Kier alpha value is -0.320. The molecule has 0 saturated carbocycles. The first-order chi connectivity index (χ1) is 5.29. The maximum absolute atomic E-state index is 4.06. The zero-order chi connectivity index (χ0) is 7.84. The molecule has 0 unspecified atom stereocenters. The van der Waals surface area contributed by atoms with Gasteiger partial charge in [-0.25, -0.2) is 0 Å². The first-order valence-electron chi connectivity index (χ1n) is 3.90. The Morgan fingerprint density at radius 2 is 2.08 bits per heavy atom. The molecule has 1 aromatic rings. The molecule has 76 valence electrons. The highest BCUT2D eigenvalue weighted by atomic mass is 35.5. The highest BCUT2D eigenvalue weighted by Gasteiger charge is 2.18. The maximum Gasteiger partial charge on any atom is 0.147 e.